The van der Waals surface area contributed by atoms with E-state index in [-0.39, 0.29) is 14.1 Å². The van der Waals surface area contributed by atoms with Gasteiger partial charge in [0.1, 0.15) is 9.77 Å². The molecule has 0 atom stereocenters. The number of hydrogen-bond acceptors (Lipinski definition) is 7. The van der Waals surface area contributed by atoms with E-state index in [1.165, 1.54) is 33.4 Å². The lowest BCUT2D eigenvalue weighted by atomic mass is 10.3. The summed E-state index contributed by atoms with van der Waals surface area (Å²) in [5, 5.41) is 0. The number of methoxy groups -OCH3 is 2. The van der Waals surface area contributed by atoms with Crippen molar-refractivity contribution in [2.24, 2.45) is 0 Å². The van der Waals surface area contributed by atoms with E-state index in [1.807, 2.05) is 6.92 Å². The van der Waals surface area contributed by atoms with Crippen LogP contribution in [0.5, 0.6) is 11.5 Å². The van der Waals surface area contributed by atoms with Crippen LogP contribution in [0.15, 0.2) is 29.2 Å². The minimum Gasteiger partial charge on any atom is -0.493 e. The van der Waals surface area contributed by atoms with Gasteiger partial charge in [-0.05, 0) is 25.1 Å². The largest absolute Gasteiger partial charge is 0.493 e. The molecule has 142 valence electrons. The summed E-state index contributed by atoms with van der Waals surface area (Å²) in [6.45, 7) is 2.28. The summed E-state index contributed by atoms with van der Waals surface area (Å²) in [4.78, 5) is 11.6. The second-order valence-corrected chi connectivity index (χ2v) is 8.60. The molecule has 0 amide bonds. The molecule has 0 fully saturated rings. The van der Waals surface area contributed by atoms with E-state index in [2.05, 4.69) is 4.74 Å². The number of rotatable bonds is 7. The molecule has 0 aliphatic heterocycles. The molecule has 0 radical (unpaired) electrons. The number of nitrogens with zero attached hydrogens (tertiary/aromatic N) is 1. The Kier molecular flexibility index (Phi) is 6.38. The molecule has 0 bridgehead atoms. The van der Waals surface area contributed by atoms with E-state index >= 15 is 0 Å². The van der Waals surface area contributed by atoms with Crippen LogP contribution >= 0.6 is 22.9 Å². The zero-order valence-corrected chi connectivity index (χ0v) is 17.0. The van der Waals surface area contributed by atoms with Crippen molar-refractivity contribution in [3.05, 3.63) is 33.5 Å². The van der Waals surface area contributed by atoms with Gasteiger partial charge in [-0.1, -0.05) is 11.6 Å². The Hall–Kier alpha value is -1.97. The first kappa shape index (κ1) is 20.3. The summed E-state index contributed by atoms with van der Waals surface area (Å²) >= 11 is 6.76. The van der Waals surface area contributed by atoms with Crippen molar-refractivity contribution in [3.8, 4) is 11.5 Å². The van der Waals surface area contributed by atoms with Crippen LogP contribution < -0.4 is 13.8 Å². The van der Waals surface area contributed by atoms with Gasteiger partial charge in [0, 0.05) is 13.1 Å². The lowest BCUT2D eigenvalue weighted by Crippen LogP contribution is -2.27. The summed E-state index contributed by atoms with van der Waals surface area (Å²) in [5.74, 6) is 0.125. The predicted octanol–water partition coefficient (Wildman–Crippen LogP) is 3.42. The molecule has 10 heteroatoms. The van der Waals surface area contributed by atoms with Crippen molar-refractivity contribution in [3.63, 3.8) is 0 Å². The van der Waals surface area contributed by atoms with E-state index in [9.17, 15) is 13.2 Å². The molecule has 1 heterocycles. The van der Waals surface area contributed by atoms with E-state index in [1.54, 1.807) is 12.1 Å². The Morgan fingerprint density at radius 2 is 1.92 bits per heavy atom. The monoisotopic (exact) mass is 419 g/mol. The molecule has 2 rings (SSSR count). The number of hydrogen-bond donors (Lipinski definition) is 0. The van der Waals surface area contributed by atoms with E-state index in [4.69, 9.17) is 21.1 Å². The fraction of sp³-hybridized carbons (Fsp3) is 0.312. The number of thiophene rings is 1. The Labute approximate surface area is 161 Å². The zero-order valence-electron chi connectivity index (χ0n) is 14.6. The van der Waals surface area contributed by atoms with Gasteiger partial charge in [0.05, 0.1) is 30.9 Å². The van der Waals surface area contributed by atoms with Gasteiger partial charge in [-0.25, -0.2) is 13.2 Å². The SMILES string of the molecule is CCOc1ccc(N(C)S(=O)(=O)c2cc(Cl)sc2C(=O)OC)cc1OC. The molecule has 26 heavy (non-hydrogen) atoms. The molecule has 0 aliphatic carbocycles. The average Bonchev–Trinajstić information content (AvgIpc) is 3.03. The molecule has 0 aliphatic rings. The number of carbonyl (C=O) groups is 1. The van der Waals surface area contributed by atoms with Gasteiger partial charge in [0.15, 0.2) is 11.5 Å². The van der Waals surface area contributed by atoms with Crippen LogP contribution in [0.1, 0.15) is 16.6 Å². The van der Waals surface area contributed by atoms with Gasteiger partial charge in [-0.3, -0.25) is 4.31 Å². The van der Waals surface area contributed by atoms with Crippen LogP contribution in [0, 0.1) is 0 Å². The van der Waals surface area contributed by atoms with E-state index in [0.29, 0.717) is 23.8 Å². The Balaban J connectivity index is 2.49. The highest BCUT2D eigenvalue weighted by Crippen LogP contribution is 2.36. The van der Waals surface area contributed by atoms with Gasteiger partial charge in [-0.15, -0.1) is 11.3 Å². The van der Waals surface area contributed by atoms with Gasteiger partial charge in [0.25, 0.3) is 10.0 Å². The average molecular weight is 420 g/mol. The van der Waals surface area contributed by atoms with Gasteiger partial charge < -0.3 is 14.2 Å². The molecule has 1 aromatic carbocycles. The number of benzene rings is 1. The Bertz CT molecular complexity index is 909. The fourth-order valence-corrected chi connectivity index (χ4v) is 5.07. The molecule has 1 aromatic heterocycles. The molecule has 0 spiro atoms. The third-order valence-electron chi connectivity index (χ3n) is 3.49. The van der Waals surface area contributed by atoms with Gasteiger partial charge in [-0.2, -0.15) is 0 Å². The van der Waals surface area contributed by atoms with Crippen LogP contribution in [0.4, 0.5) is 5.69 Å². The Morgan fingerprint density at radius 3 is 2.50 bits per heavy atom. The predicted molar refractivity (Wildman–Crippen MR) is 100 cm³/mol. The maximum atomic E-state index is 13.0. The number of anilines is 1. The maximum absolute atomic E-state index is 13.0. The third-order valence-corrected chi connectivity index (χ3v) is 6.67. The van der Waals surface area contributed by atoms with Crippen LogP contribution in [0.3, 0.4) is 0 Å². The number of esters is 1. The van der Waals surface area contributed by atoms with Crippen LogP contribution in [-0.4, -0.2) is 42.3 Å². The molecule has 0 unspecified atom stereocenters. The van der Waals surface area contributed by atoms with Crippen molar-refractivity contribution in [2.45, 2.75) is 11.8 Å². The molecule has 0 N–H and O–H groups in total. The number of halogens is 1. The molecule has 7 nitrogen and oxygen atoms in total. The maximum Gasteiger partial charge on any atom is 0.349 e. The molecule has 0 saturated heterocycles. The second-order valence-electron chi connectivity index (χ2n) is 4.98. The number of sulfonamides is 1. The highest BCUT2D eigenvalue weighted by molar-refractivity contribution is 7.93. The van der Waals surface area contributed by atoms with Crippen molar-refractivity contribution in [1.29, 1.82) is 0 Å². The topological polar surface area (TPSA) is 82.1 Å². The van der Waals surface area contributed by atoms with Crippen molar-refractivity contribution in [2.75, 3.05) is 32.2 Å². The summed E-state index contributed by atoms with van der Waals surface area (Å²) in [7, 11) is -0.0364. The summed E-state index contributed by atoms with van der Waals surface area (Å²) in [6.07, 6.45) is 0. The lowest BCUT2D eigenvalue weighted by molar-refractivity contribution is 0.0602. The standard InChI is InChI=1S/C16H18ClNO6S2/c1-5-24-11-7-6-10(8-12(11)22-3)18(2)26(20,21)13-9-14(17)25-15(13)16(19)23-4/h6-9H,5H2,1-4H3. The first-order chi connectivity index (χ1) is 12.3. The van der Waals surface area contributed by atoms with Crippen LogP contribution in [0.2, 0.25) is 4.34 Å². The molecule has 2 aromatic rings. The first-order valence-corrected chi connectivity index (χ1v) is 10.1. The lowest BCUT2D eigenvalue weighted by Gasteiger charge is -2.21. The normalized spacial score (nSPS) is 11.1. The van der Waals surface area contributed by atoms with E-state index in [0.717, 1.165) is 15.6 Å². The highest BCUT2D eigenvalue weighted by Gasteiger charge is 2.30. The third kappa shape index (κ3) is 3.89. The smallest absolute Gasteiger partial charge is 0.349 e. The first-order valence-electron chi connectivity index (χ1n) is 7.43. The minimum atomic E-state index is -4.04. The number of carbonyl (C=O) groups excluding carboxylic acids is 1. The quantitative estimate of drug-likeness (QED) is 0.639. The minimum absolute atomic E-state index is 0.0812. The molecular formula is C16H18ClNO6S2. The number of ether oxygens (including phenoxy) is 3. The van der Waals surface area contributed by atoms with Crippen molar-refractivity contribution >= 4 is 44.6 Å². The summed E-state index contributed by atoms with van der Waals surface area (Å²) in [5.41, 5.74) is 0.337. The zero-order chi connectivity index (χ0) is 19.5. The van der Waals surface area contributed by atoms with Crippen molar-refractivity contribution < 1.29 is 27.4 Å². The van der Waals surface area contributed by atoms with E-state index < -0.39 is 16.0 Å². The van der Waals surface area contributed by atoms with Crippen LogP contribution in [-0.2, 0) is 14.8 Å². The summed E-state index contributed by atoms with van der Waals surface area (Å²) < 4.78 is 42.5. The van der Waals surface area contributed by atoms with Gasteiger partial charge >= 0.3 is 5.97 Å². The highest BCUT2D eigenvalue weighted by atomic mass is 35.5. The van der Waals surface area contributed by atoms with Crippen LogP contribution in [0.25, 0.3) is 0 Å². The second kappa shape index (κ2) is 8.15. The molecule has 0 saturated carbocycles. The van der Waals surface area contributed by atoms with Gasteiger partial charge in [0.2, 0.25) is 0 Å². The Morgan fingerprint density at radius 1 is 1.23 bits per heavy atom. The fourth-order valence-electron chi connectivity index (χ4n) is 2.19. The summed E-state index contributed by atoms with van der Waals surface area (Å²) in [6, 6.07) is 5.97. The van der Waals surface area contributed by atoms with Crippen molar-refractivity contribution in [1.82, 2.24) is 0 Å². The molecular weight excluding hydrogens is 402 g/mol.